The van der Waals surface area contributed by atoms with Crippen LogP contribution in [0.25, 0.3) is 11.1 Å². The number of aromatic nitrogens is 1. The Morgan fingerprint density at radius 3 is 2.73 bits per heavy atom. The highest BCUT2D eigenvalue weighted by molar-refractivity contribution is 5.97. The van der Waals surface area contributed by atoms with E-state index in [1.165, 1.54) is 0 Å². The summed E-state index contributed by atoms with van der Waals surface area (Å²) >= 11 is 0. The lowest BCUT2D eigenvalue weighted by molar-refractivity contribution is 0.0938. The molecule has 1 aromatic carbocycles. The van der Waals surface area contributed by atoms with Crippen molar-refractivity contribution in [2.45, 2.75) is 13.1 Å². The lowest BCUT2D eigenvalue weighted by Crippen LogP contribution is -2.26. The van der Waals surface area contributed by atoms with Gasteiger partial charge >= 0.3 is 0 Å². The Balaban J connectivity index is 1.48. The van der Waals surface area contributed by atoms with Crippen LogP contribution < -0.4 is 10.1 Å². The third-order valence-corrected chi connectivity index (χ3v) is 4.09. The van der Waals surface area contributed by atoms with Crippen LogP contribution in [0.3, 0.4) is 0 Å². The minimum atomic E-state index is -0.187. The number of hydrogen-bond acceptors (Lipinski definition) is 4. The highest BCUT2D eigenvalue weighted by Crippen LogP contribution is 2.21. The molecule has 0 saturated carbocycles. The van der Waals surface area contributed by atoms with Crippen LogP contribution in [0, 0.1) is 0 Å². The number of amides is 1. The first-order valence-corrected chi connectivity index (χ1v) is 8.36. The van der Waals surface area contributed by atoms with E-state index in [9.17, 15) is 4.79 Å². The zero-order valence-electron chi connectivity index (χ0n) is 14.1. The predicted octanol–water partition coefficient (Wildman–Crippen LogP) is 3.84. The second-order valence-corrected chi connectivity index (χ2v) is 5.77. The van der Waals surface area contributed by atoms with Gasteiger partial charge in [0.1, 0.15) is 23.8 Å². The Labute approximate surface area is 150 Å². The van der Waals surface area contributed by atoms with Gasteiger partial charge in [-0.2, -0.15) is 0 Å². The number of fused-ring (bicyclic) bond motifs is 1. The fourth-order valence-electron chi connectivity index (χ4n) is 2.85. The van der Waals surface area contributed by atoms with Crippen molar-refractivity contribution in [1.82, 2.24) is 9.88 Å². The van der Waals surface area contributed by atoms with Gasteiger partial charge in [-0.3, -0.25) is 4.79 Å². The summed E-state index contributed by atoms with van der Waals surface area (Å²) in [5, 5.41) is 2.86. The summed E-state index contributed by atoms with van der Waals surface area (Å²) < 4.78 is 18.4. The molecule has 26 heavy (non-hydrogen) atoms. The molecule has 4 aromatic rings. The van der Waals surface area contributed by atoms with E-state index < -0.39 is 0 Å². The minimum Gasteiger partial charge on any atom is -0.492 e. The third kappa shape index (κ3) is 3.35. The molecule has 0 aliphatic carbocycles. The summed E-state index contributed by atoms with van der Waals surface area (Å²) in [6, 6.07) is 16.8. The largest absolute Gasteiger partial charge is 0.492 e. The van der Waals surface area contributed by atoms with Crippen molar-refractivity contribution < 1.29 is 18.4 Å². The van der Waals surface area contributed by atoms with Crippen LogP contribution in [0.5, 0.6) is 5.75 Å². The quantitative estimate of drug-likeness (QED) is 0.550. The fourth-order valence-corrected chi connectivity index (χ4v) is 2.85. The molecule has 0 fully saturated rings. The summed E-state index contributed by atoms with van der Waals surface area (Å²) in [6.07, 6.45) is 3.20. The molecule has 6 heteroatoms. The third-order valence-electron chi connectivity index (χ3n) is 4.09. The highest BCUT2D eigenvalue weighted by Gasteiger charge is 2.17. The van der Waals surface area contributed by atoms with Gasteiger partial charge in [0.15, 0.2) is 5.58 Å². The SMILES string of the molecule is O=C(NCc1ccco1)c1cc2occc2n1CCOc1ccccc1. The van der Waals surface area contributed by atoms with Crippen molar-refractivity contribution in [1.29, 1.82) is 0 Å². The lowest BCUT2D eigenvalue weighted by Gasteiger charge is -2.11. The fraction of sp³-hybridized carbons (Fsp3) is 0.150. The number of benzene rings is 1. The molecule has 0 bridgehead atoms. The van der Waals surface area contributed by atoms with Crippen LogP contribution in [0.1, 0.15) is 16.2 Å². The molecule has 1 N–H and O–H groups in total. The average molecular weight is 350 g/mol. The van der Waals surface area contributed by atoms with Crippen LogP contribution in [0.15, 0.2) is 76.0 Å². The molecule has 3 aromatic heterocycles. The molecule has 1 amide bonds. The van der Waals surface area contributed by atoms with Crippen LogP contribution in [-0.2, 0) is 13.1 Å². The second kappa shape index (κ2) is 7.23. The average Bonchev–Trinajstić information content (AvgIpc) is 3.39. The van der Waals surface area contributed by atoms with Gasteiger partial charge in [0, 0.05) is 12.1 Å². The van der Waals surface area contributed by atoms with E-state index in [1.807, 2.05) is 47.0 Å². The minimum absolute atomic E-state index is 0.187. The van der Waals surface area contributed by atoms with Crippen molar-refractivity contribution in [3.63, 3.8) is 0 Å². The summed E-state index contributed by atoms with van der Waals surface area (Å²) in [6.45, 7) is 1.30. The number of hydrogen-bond donors (Lipinski definition) is 1. The van der Waals surface area contributed by atoms with Gasteiger partial charge in [0.05, 0.1) is 31.1 Å². The van der Waals surface area contributed by atoms with E-state index in [0.717, 1.165) is 11.3 Å². The number of nitrogens with zero attached hydrogens (tertiary/aromatic N) is 1. The summed E-state index contributed by atoms with van der Waals surface area (Å²) in [5.74, 6) is 1.31. The maximum absolute atomic E-state index is 12.6. The second-order valence-electron chi connectivity index (χ2n) is 5.77. The molecule has 0 radical (unpaired) electrons. The van der Waals surface area contributed by atoms with E-state index in [2.05, 4.69) is 5.32 Å². The molecular formula is C20H18N2O4. The maximum atomic E-state index is 12.6. The number of ether oxygens (including phenoxy) is 1. The van der Waals surface area contributed by atoms with Crippen LogP contribution in [0.4, 0.5) is 0 Å². The van der Waals surface area contributed by atoms with Gasteiger partial charge in [-0.1, -0.05) is 18.2 Å². The normalized spacial score (nSPS) is 10.9. The van der Waals surface area contributed by atoms with E-state index in [4.69, 9.17) is 13.6 Å². The van der Waals surface area contributed by atoms with Crippen LogP contribution in [-0.4, -0.2) is 17.1 Å². The van der Waals surface area contributed by atoms with Crippen molar-refractivity contribution in [2.24, 2.45) is 0 Å². The number of carbonyl (C=O) groups is 1. The first kappa shape index (κ1) is 16.1. The van der Waals surface area contributed by atoms with Crippen molar-refractivity contribution >= 4 is 17.0 Å². The van der Waals surface area contributed by atoms with E-state index >= 15 is 0 Å². The summed E-state index contributed by atoms with van der Waals surface area (Å²) in [7, 11) is 0. The molecule has 0 aliphatic heterocycles. The van der Waals surface area contributed by atoms with Crippen LogP contribution in [0.2, 0.25) is 0 Å². The molecule has 4 rings (SSSR count). The van der Waals surface area contributed by atoms with Gasteiger partial charge in [-0.15, -0.1) is 0 Å². The molecule has 3 heterocycles. The molecule has 0 spiro atoms. The monoisotopic (exact) mass is 350 g/mol. The van der Waals surface area contributed by atoms with Crippen molar-refractivity contribution in [3.8, 4) is 5.75 Å². The van der Waals surface area contributed by atoms with E-state index in [0.29, 0.717) is 36.7 Å². The van der Waals surface area contributed by atoms with E-state index in [1.54, 1.807) is 24.7 Å². The number of nitrogens with one attached hydrogen (secondary N) is 1. The number of para-hydroxylation sites is 1. The van der Waals surface area contributed by atoms with E-state index in [-0.39, 0.29) is 5.91 Å². The number of carbonyl (C=O) groups excluding carboxylic acids is 1. The molecule has 0 saturated heterocycles. The van der Waals surface area contributed by atoms with Gasteiger partial charge in [-0.05, 0) is 24.3 Å². The number of rotatable bonds is 7. The van der Waals surface area contributed by atoms with Gasteiger partial charge < -0.3 is 23.5 Å². The Kier molecular flexibility index (Phi) is 4.47. The summed E-state index contributed by atoms with van der Waals surface area (Å²) in [4.78, 5) is 12.6. The Bertz CT molecular complexity index is 984. The predicted molar refractivity (Wildman–Crippen MR) is 96.0 cm³/mol. The van der Waals surface area contributed by atoms with Crippen molar-refractivity contribution in [2.75, 3.05) is 6.61 Å². The van der Waals surface area contributed by atoms with Gasteiger partial charge in [-0.25, -0.2) is 0 Å². The van der Waals surface area contributed by atoms with Crippen molar-refractivity contribution in [3.05, 3.63) is 78.6 Å². The number of furan rings is 2. The smallest absolute Gasteiger partial charge is 0.268 e. The Morgan fingerprint density at radius 1 is 1.04 bits per heavy atom. The first-order chi connectivity index (χ1) is 12.8. The first-order valence-electron chi connectivity index (χ1n) is 8.36. The lowest BCUT2D eigenvalue weighted by atomic mass is 10.3. The maximum Gasteiger partial charge on any atom is 0.268 e. The molecule has 132 valence electrons. The van der Waals surface area contributed by atoms with Gasteiger partial charge in [0.2, 0.25) is 0 Å². The Hall–Kier alpha value is -3.41. The molecule has 0 unspecified atom stereocenters. The molecule has 0 aliphatic rings. The van der Waals surface area contributed by atoms with Gasteiger partial charge in [0.25, 0.3) is 5.91 Å². The zero-order chi connectivity index (χ0) is 17.8. The molecular weight excluding hydrogens is 332 g/mol. The summed E-state index contributed by atoms with van der Waals surface area (Å²) in [5.41, 5.74) is 2.07. The zero-order valence-corrected chi connectivity index (χ0v) is 14.1. The highest BCUT2D eigenvalue weighted by atomic mass is 16.5. The molecule has 0 atom stereocenters. The van der Waals surface area contributed by atoms with Crippen LogP contribution >= 0.6 is 0 Å². The standard InChI is InChI=1S/C20H18N2O4/c23-20(21-14-16-7-4-10-24-16)18-13-19-17(8-11-26-19)22(18)9-12-25-15-5-2-1-3-6-15/h1-8,10-11,13H,9,12,14H2,(H,21,23). The molecule has 6 nitrogen and oxygen atoms in total. The topological polar surface area (TPSA) is 69.5 Å². The Morgan fingerprint density at radius 2 is 1.92 bits per heavy atom.